The minimum atomic E-state index is -4.75. The molecule has 276 valence electrons. The Kier molecular flexibility index (Phi) is 9.74. The van der Waals surface area contributed by atoms with Gasteiger partial charge in [0.25, 0.3) is 32.1 Å². The maximum atomic E-state index is 13.1. The van der Waals surface area contributed by atoms with Crippen LogP contribution in [0.5, 0.6) is 11.5 Å². The summed E-state index contributed by atoms with van der Waals surface area (Å²) in [5.74, 6) is -2.52. The molecule has 6 aromatic carbocycles. The van der Waals surface area contributed by atoms with E-state index in [0.717, 1.165) is 12.1 Å². The van der Waals surface area contributed by atoms with Crippen LogP contribution in [0.3, 0.4) is 0 Å². The normalized spacial score (nSPS) is 11.6. The van der Waals surface area contributed by atoms with Gasteiger partial charge in [-0.05, 0) is 84.3 Å². The molecule has 0 aliphatic rings. The molecule has 0 saturated heterocycles. The fourth-order valence-corrected chi connectivity index (χ4v) is 7.34. The number of carbonyl (C=O) groups is 3. The van der Waals surface area contributed by atoms with Crippen LogP contribution in [-0.4, -0.2) is 54.0 Å². The highest BCUT2D eigenvalue weighted by Crippen LogP contribution is 2.37. The molecule has 0 aliphatic carbocycles. The number of hydrogen-bond acceptors (Lipinski definition) is 11. The minimum Gasteiger partial charge on any atom is -0.508 e. The van der Waals surface area contributed by atoms with Gasteiger partial charge in [0.2, 0.25) is 0 Å². The number of nitrogens with one attached hydrogen (secondary N) is 4. The number of carbonyl (C=O) groups excluding carboxylic acids is 3. The van der Waals surface area contributed by atoms with E-state index >= 15 is 0 Å². The zero-order valence-electron chi connectivity index (χ0n) is 28.2. The van der Waals surface area contributed by atoms with E-state index in [1.807, 2.05) is 0 Å². The highest BCUT2D eigenvalue weighted by Gasteiger charge is 2.22. The third kappa shape index (κ3) is 7.79. The van der Waals surface area contributed by atoms with E-state index in [2.05, 4.69) is 21.3 Å². The number of rotatable bonds is 8. The predicted molar refractivity (Wildman–Crippen MR) is 200 cm³/mol. The van der Waals surface area contributed by atoms with Crippen LogP contribution in [0.1, 0.15) is 31.8 Å². The Morgan fingerprint density at radius 2 is 0.907 bits per heavy atom. The molecule has 6 rings (SSSR count). The quantitative estimate of drug-likeness (QED) is 0.0795. The van der Waals surface area contributed by atoms with Crippen molar-refractivity contribution in [1.82, 2.24) is 10.6 Å². The van der Waals surface area contributed by atoms with E-state index in [1.165, 1.54) is 48.5 Å². The topological polar surface area (TPSA) is 249 Å². The van der Waals surface area contributed by atoms with Gasteiger partial charge >= 0.3 is 6.03 Å². The molecule has 0 unspecified atom stereocenters. The van der Waals surface area contributed by atoms with Crippen molar-refractivity contribution in [3.63, 3.8) is 0 Å². The summed E-state index contributed by atoms with van der Waals surface area (Å²) in [7, 11) is -9.51. The van der Waals surface area contributed by atoms with E-state index in [9.17, 15) is 50.5 Å². The summed E-state index contributed by atoms with van der Waals surface area (Å²) in [6.45, 7) is 3.42. The fourth-order valence-electron chi connectivity index (χ4n) is 5.83. The summed E-state index contributed by atoms with van der Waals surface area (Å²) in [5.41, 5.74) is 2.37. The van der Waals surface area contributed by atoms with Gasteiger partial charge in [-0.2, -0.15) is 16.8 Å². The second-order valence-corrected chi connectivity index (χ2v) is 15.0. The van der Waals surface area contributed by atoms with Crippen molar-refractivity contribution >= 4 is 82.4 Å². The molecule has 6 aromatic rings. The number of urea groups is 1. The molecule has 4 amide bonds. The van der Waals surface area contributed by atoms with Crippen LogP contribution >= 0.6 is 0 Å². The molecule has 0 spiro atoms. The first kappa shape index (κ1) is 37.2. The second kappa shape index (κ2) is 14.1. The summed E-state index contributed by atoms with van der Waals surface area (Å²) >= 11 is 0. The van der Waals surface area contributed by atoms with Crippen LogP contribution in [-0.2, 0) is 20.2 Å². The smallest absolute Gasteiger partial charge is 0.328 e. The molecule has 0 atom stereocenters. The average molecular weight is 771 g/mol. The number of amides is 4. The molecular formula is C37H30N4O11S2. The van der Waals surface area contributed by atoms with Crippen LogP contribution in [0.25, 0.3) is 21.5 Å². The molecular weight excluding hydrogens is 741 g/mol. The summed E-state index contributed by atoms with van der Waals surface area (Å²) in [4.78, 5) is 38.0. The molecule has 0 radical (unpaired) electrons. The molecule has 17 heteroatoms. The number of phenols is 2. The van der Waals surface area contributed by atoms with Gasteiger partial charge in [0.15, 0.2) is 0 Å². The van der Waals surface area contributed by atoms with Crippen molar-refractivity contribution in [3.05, 3.63) is 119 Å². The number of hydrogen-bond donors (Lipinski definition) is 8. The summed E-state index contributed by atoms with van der Waals surface area (Å²) in [5, 5.41) is 31.1. The lowest BCUT2D eigenvalue weighted by atomic mass is 10.1. The number of fused-ring (bicyclic) bond motifs is 2. The third-order valence-electron chi connectivity index (χ3n) is 8.40. The Morgan fingerprint density at radius 3 is 1.28 bits per heavy atom. The zero-order chi connectivity index (χ0) is 39.1. The molecule has 8 N–H and O–H groups in total. The van der Waals surface area contributed by atoms with E-state index < -0.39 is 47.9 Å². The molecule has 0 fully saturated rings. The Hall–Kier alpha value is -6.53. The highest BCUT2D eigenvalue weighted by molar-refractivity contribution is 7.86. The number of phenolic OH excluding ortho intramolecular Hbond substituents is 2. The van der Waals surface area contributed by atoms with Crippen molar-refractivity contribution in [2.45, 2.75) is 23.6 Å². The number of aryl methyl sites for hydroxylation is 2. The molecule has 0 aliphatic heterocycles. The standard InChI is InChI=1S/C37H30N4O11S2/c1-19-9-11-23(15-29(19)38-27-7-3-5-21-13-25(42)17-31(33(21)27)53(47,48)49)35(44)40-37(46)41-36(45)24-12-10-20(2)30(16-24)39-28-8-4-6-22-14-26(43)18-32(34(22)28)54(50,51)52/h3-18,38-39,42-43H,1-2H3,(H,47,48,49)(H,50,51,52)(H2,40,41,44,45,46). The molecule has 0 saturated carbocycles. The Bertz CT molecular complexity index is 2600. The zero-order valence-corrected chi connectivity index (χ0v) is 29.8. The van der Waals surface area contributed by atoms with Gasteiger partial charge < -0.3 is 20.8 Å². The van der Waals surface area contributed by atoms with Crippen LogP contribution in [0, 0.1) is 13.8 Å². The second-order valence-electron chi connectivity index (χ2n) is 12.2. The van der Waals surface area contributed by atoms with Gasteiger partial charge in [-0.15, -0.1) is 0 Å². The van der Waals surface area contributed by atoms with Crippen molar-refractivity contribution in [2.24, 2.45) is 0 Å². The van der Waals surface area contributed by atoms with Crippen molar-refractivity contribution in [1.29, 1.82) is 0 Å². The van der Waals surface area contributed by atoms with E-state index in [0.29, 0.717) is 33.3 Å². The fraction of sp³-hybridized carbons (Fsp3) is 0.0541. The molecule has 0 aromatic heterocycles. The van der Waals surface area contributed by atoms with Crippen molar-refractivity contribution in [3.8, 4) is 11.5 Å². The van der Waals surface area contributed by atoms with E-state index in [4.69, 9.17) is 0 Å². The number of imide groups is 2. The Balaban J connectivity index is 1.19. The summed E-state index contributed by atoms with van der Waals surface area (Å²) < 4.78 is 68.3. The molecule has 0 heterocycles. The third-order valence-corrected chi connectivity index (χ3v) is 10.2. The van der Waals surface area contributed by atoms with Crippen LogP contribution in [0.2, 0.25) is 0 Å². The molecule has 54 heavy (non-hydrogen) atoms. The first-order valence-electron chi connectivity index (χ1n) is 15.8. The predicted octanol–water partition coefficient (Wildman–Crippen LogP) is 6.28. The van der Waals surface area contributed by atoms with Crippen LogP contribution < -0.4 is 21.3 Å². The lowest BCUT2D eigenvalue weighted by Crippen LogP contribution is -2.42. The molecule has 0 bridgehead atoms. The van der Waals surface area contributed by atoms with Gasteiger partial charge in [0.05, 0.1) is 0 Å². The first-order valence-corrected chi connectivity index (χ1v) is 18.7. The van der Waals surface area contributed by atoms with Crippen LogP contribution in [0.15, 0.2) is 107 Å². The maximum Gasteiger partial charge on any atom is 0.328 e. The van der Waals surface area contributed by atoms with Gasteiger partial charge in [0.1, 0.15) is 21.3 Å². The van der Waals surface area contributed by atoms with Crippen molar-refractivity contribution < 1.29 is 50.5 Å². The SMILES string of the molecule is Cc1ccc(C(=O)NC(=O)NC(=O)c2ccc(C)c(Nc3cccc4cc(O)cc(S(=O)(=O)O)c34)c2)cc1Nc1cccc2cc(O)cc(S(=O)(=O)O)c12. The lowest BCUT2D eigenvalue weighted by Gasteiger charge is -2.16. The lowest BCUT2D eigenvalue weighted by molar-refractivity contribution is 0.0944. The number of anilines is 4. The van der Waals surface area contributed by atoms with Gasteiger partial charge in [-0.1, -0.05) is 36.4 Å². The van der Waals surface area contributed by atoms with Crippen LogP contribution in [0.4, 0.5) is 27.5 Å². The van der Waals surface area contributed by atoms with E-state index in [1.54, 1.807) is 50.2 Å². The average Bonchev–Trinajstić information content (AvgIpc) is 3.08. The van der Waals surface area contributed by atoms with Gasteiger partial charge in [-0.25, -0.2) is 4.79 Å². The Morgan fingerprint density at radius 1 is 0.519 bits per heavy atom. The number of benzene rings is 6. The van der Waals surface area contributed by atoms with Gasteiger partial charge in [-0.3, -0.25) is 29.3 Å². The van der Waals surface area contributed by atoms with E-state index in [-0.39, 0.29) is 44.8 Å². The van der Waals surface area contributed by atoms with Gasteiger partial charge in [0, 0.05) is 56.8 Å². The first-order chi connectivity index (χ1) is 25.4. The Labute approximate surface area is 307 Å². The largest absolute Gasteiger partial charge is 0.508 e. The molecule has 15 nitrogen and oxygen atoms in total. The minimum absolute atomic E-state index is 0.00641. The number of aromatic hydroxyl groups is 2. The monoisotopic (exact) mass is 770 g/mol. The highest BCUT2D eigenvalue weighted by atomic mass is 32.2. The summed E-state index contributed by atoms with van der Waals surface area (Å²) in [6, 6.07) is 21.4. The summed E-state index contributed by atoms with van der Waals surface area (Å²) in [6.07, 6.45) is 0. The maximum absolute atomic E-state index is 13.1. The van der Waals surface area contributed by atoms with Crippen molar-refractivity contribution in [2.75, 3.05) is 10.6 Å².